The number of pyridine rings is 1. The van der Waals surface area contributed by atoms with Crippen LogP contribution in [0.1, 0.15) is 37.3 Å². The van der Waals surface area contributed by atoms with Gasteiger partial charge in [-0.25, -0.2) is 9.78 Å². The molecular weight excluding hydrogens is 510 g/mol. The lowest BCUT2D eigenvalue weighted by atomic mass is 9.93. The standard InChI is InChI=1S/C31H35N3O6/c1-3-38-30(36)11-6-23-5-8-25(31-24(23)7-10-29(33-31)37-2)32-28(35)19-21-12-14-34(15-13-21)20-22-4-9-26-27(18-22)40-17-16-39-26/h4-11,18,21H,3,12-17,19-20H2,1-2H3,(H,32,35)/b11-6+. The molecule has 0 atom stereocenters. The van der Waals surface area contributed by atoms with Crippen LogP contribution in [0, 0.1) is 5.92 Å². The van der Waals surface area contributed by atoms with E-state index in [2.05, 4.69) is 27.3 Å². The molecule has 5 rings (SSSR count). The van der Waals surface area contributed by atoms with Crippen molar-refractivity contribution in [2.45, 2.75) is 32.7 Å². The number of rotatable bonds is 9. The number of likely N-dealkylation sites (tertiary alicyclic amines) is 1. The van der Waals surface area contributed by atoms with E-state index in [4.69, 9.17) is 18.9 Å². The van der Waals surface area contributed by atoms with Crippen molar-refractivity contribution >= 4 is 34.5 Å². The van der Waals surface area contributed by atoms with Crippen molar-refractivity contribution in [3.63, 3.8) is 0 Å². The molecule has 2 aromatic carbocycles. The number of fused-ring (bicyclic) bond motifs is 2. The fourth-order valence-corrected chi connectivity index (χ4v) is 5.19. The number of nitrogens with zero attached hydrogens (tertiary/aromatic N) is 2. The summed E-state index contributed by atoms with van der Waals surface area (Å²) in [4.78, 5) is 31.9. The normalized spacial score (nSPS) is 15.8. The fourth-order valence-electron chi connectivity index (χ4n) is 5.19. The van der Waals surface area contributed by atoms with Crippen molar-refractivity contribution in [3.05, 3.63) is 59.7 Å². The van der Waals surface area contributed by atoms with Gasteiger partial charge in [0.2, 0.25) is 11.8 Å². The summed E-state index contributed by atoms with van der Waals surface area (Å²) in [7, 11) is 1.55. The Labute approximate surface area is 234 Å². The predicted molar refractivity (Wildman–Crippen MR) is 153 cm³/mol. The molecule has 0 spiro atoms. The minimum atomic E-state index is -0.410. The average Bonchev–Trinajstić information content (AvgIpc) is 2.97. The Kier molecular flexibility index (Phi) is 8.81. The molecule has 0 aliphatic carbocycles. The Hall–Kier alpha value is -4.11. The molecule has 0 bridgehead atoms. The number of carbonyl (C=O) groups excluding carboxylic acids is 2. The van der Waals surface area contributed by atoms with Crippen molar-refractivity contribution in [1.29, 1.82) is 0 Å². The molecule has 9 nitrogen and oxygen atoms in total. The van der Waals surface area contributed by atoms with E-state index in [1.807, 2.05) is 24.3 Å². The largest absolute Gasteiger partial charge is 0.486 e. The number of hydrogen-bond donors (Lipinski definition) is 1. The summed E-state index contributed by atoms with van der Waals surface area (Å²) in [6.45, 7) is 5.98. The molecule has 1 fully saturated rings. The van der Waals surface area contributed by atoms with E-state index in [9.17, 15) is 9.59 Å². The summed E-state index contributed by atoms with van der Waals surface area (Å²) in [5.41, 5.74) is 3.22. The number of ether oxygens (including phenoxy) is 4. The van der Waals surface area contributed by atoms with Crippen LogP contribution in [0.15, 0.2) is 48.5 Å². The second-order valence-corrected chi connectivity index (χ2v) is 9.99. The van der Waals surface area contributed by atoms with Gasteiger partial charge in [-0.2, -0.15) is 0 Å². The minimum absolute atomic E-state index is 0.0361. The highest BCUT2D eigenvalue weighted by Crippen LogP contribution is 2.32. The van der Waals surface area contributed by atoms with Gasteiger partial charge in [-0.15, -0.1) is 0 Å². The SMILES string of the molecule is CCOC(=O)/C=C/c1ccc(NC(=O)CC2CCN(Cc3ccc4c(c3)OCCO4)CC2)c2nc(OC)ccc12. The van der Waals surface area contributed by atoms with Crippen LogP contribution in [0.4, 0.5) is 5.69 Å². The van der Waals surface area contributed by atoms with Gasteiger partial charge in [-0.1, -0.05) is 12.1 Å². The maximum atomic E-state index is 13.1. The highest BCUT2D eigenvalue weighted by Gasteiger charge is 2.23. The monoisotopic (exact) mass is 545 g/mol. The number of benzene rings is 2. The van der Waals surface area contributed by atoms with E-state index in [0.717, 1.165) is 54.9 Å². The Morgan fingerprint density at radius 1 is 1.07 bits per heavy atom. The fraction of sp³-hybridized carbons (Fsp3) is 0.387. The van der Waals surface area contributed by atoms with Crippen molar-refractivity contribution in [3.8, 4) is 17.4 Å². The molecule has 0 radical (unpaired) electrons. The molecule has 1 saturated heterocycles. The van der Waals surface area contributed by atoms with Gasteiger partial charge < -0.3 is 24.3 Å². The van der Waals surface area contributed by atoms with Crippen LogP contribution < -0.4 is 19.5 Å². The molecule has 1 aromatic heterocycles. The lowest BCUT2D eigenvalue weighted by molar-refractivity contribution is -0.137. The van der Waals surface area contributed by atoms with E-state index in [-0.39, 0.29) is 5.91 Å². The lowest BCUT2D eigenvalue weighted by Gasteiger charge is -2.32. The quantitative estimate of drug-likeness (QED) is 0.302. The number of methoxy groups -OCH3 is 1. The van der Waals surface area contributed by atoms with Gasteiger partial charge in [-0.05, 0) is 80.2 Å². The topological polar surface area (TPSA) is 99.2 Å². The molecule has 0 saturated carbocycles. The number of amides is 1. The molecule has 9 heteroatoms. The Bertz CT molecular complexity index is 1400. The average molecular weight is 546 g/mol. The first-order valence-corrected chi connectivity index (χ1v) is 13.8. The van der Waals surface area contributed by atoms with E-state index in [1.165, 1.54) is 11.6 Å². The second-order valence-electron chi connectivity index (χ2n) is 9.99. The van der Waals surface area contributed by atoms with Crippen LogP contribution in [0.5, 0.6) is 17.4 Å². The number of nitrogens with one attached hydrogen (secondary N) is 1. The van der Waals surface area contributed by atoms with E-state index >= 15 is 0 Å². The Morgan fingerprint density at radius 3 is 2.65 bits per heavy atom. The third-order valence-electron chi connectivity index (χ3n) is 7.23. The molecule has 0 unspecified atom stereocenters. The molecule has 3 heterocycles. The zero-order chi connectivity index (χ0) is 27.9. The first-order valence-electron chi connectivity index (χ1n) is 13.8. The van der Waals surface area contributed by atoms with Crippen LogP contribution in [0.25, 0.3) is 17.0 Å². The van der Waals surface area contributed by atoms with Crippen molar-refractivity contribution in [2.75, 3.05) is 45.3 Å². The number of piperidine rings is 1. The zero-order valence-corrected chi connectivity index (χ0v) is 23.0. The van der Waals surface area contributed by atoms with Crippen LogP contribution in [-0.2, 0) is 20.9 Å². The Morgan fingerprint density at radius 2 is 1.88 bits per heavy atom. The maximum absolute atomic E-state index is 13.1. The van der Waals surface area contributed by atoms with Gasteiger partial charge in [0, 0.05) is 30.5 Å². The summed E-state index contributed by atoms with van der Waals surface area (Å²) in [5, 5.41) is 3.86. The molecule has 210 valence electrons. The highest BCUT2D eigenvalue weighted by molar-refractivity contribution is 6.04. The van der Waals surface area contributed by atoms with Gasteiger partial charge >= 0.3 is 5.97 Å². The number of esters is 1. The van der Waals surface area contributed by atoms with Gasteiger partial charge in [0.25, 0.3) is 0 Å². The smallest absolute Gasteiger partial charge is 0.330 e. The second kappa shape index (κ2) is 12.8. The van der Waals surface area contributed by atoms with Crippen LogP contribution >= 0.6 is 0 Å². The third-order valence-corrected chi connectivity index (χ3v) is 7.23. The van der Waals surface area contributed by atoms with Crippen molar-refractivity contribution in [1.82, 2.24) is 9.88 Å². The minimum Gasteiger partial charge on any atom is -0.486 e. The number of anilines is 1. The molecule has 1 amide bonds. The summed E-state index contributed by atoms with van der Waals surface area (Å²) >= 11 is 0. The van der Waals surface area contributed by atoms with E-state index < -0.39 is 5.97 Å². The molecule has 2 aliphatic rings. The van der Waals surface area contributed by atoms with Gasteiger partial charge in [0.05, 0.1) is 24.9 Å². The summed E-state index contributed by atoms with van der Waals surface area (Å²) in [6, 6.07) is 13.5. The van der Waals surface area contributed by atoms with Crippen molar-refractivity contribution in [2.24, 2.45) is 5.92 Å². The van der Waals surface area contributed by atoms with Crippen molar-refractivity contribution < 1.29 is 28.5 Å². The third kappa shape index (κ3) is 6.71. The van der Waals surface area contributed by atoms with Crippen LogP contribution in [0.2, 0.25) is 0 Å². The number of hydrogen-bond acceptors (Lipinski definition) is 8. The summed E-state index contributed by atoms with van der Waals surface area (Å²) in [5.74, 6) is 1.94. The summed E-state index contributed by atoms with van der Waals surface area (Å²) < 4.78 is 21.6. The van der Waals surface area contributed by atoms with Gasteiger partial charge in [0.1, 0.15) is 13.2 Å². The van der Waals surface area contributed by atoms with Crippen LogP contribution in [-0.4, -0.2) is 61.8 Å². The molecule has 40 heavy (non-hydrogen) atoms. The number of aromatic nitrogens is 1. The van der Waals surface area contributed by atoms with Gasteiger partial charge in [-0.3, -0.25) is 9.69 Å². The number of carbonyl (C=O) groups is 2. The molecule has 1 N–H and O–H groups in total. The van der Waals surface area contributed by atoms with E-state index in [0.29, 0.717) is 49.2 Å². The summed E-state index contributed by atoms with van der Waals surface area (Å²) in [6.07, 6.45) is 5.46. The zero-order valence-electron chi connectivity index (χ0n) is 23.0. The van der Waals surface area contributed by atoms with Crippen LogP contribution in [0.3, 0.4) is 0 Å². The lowest BCUT2D eigenvalue weighted by Crippen LogP contribution is -2.34. The molecular formula is C31H35N3O6. The first kappa shape index (κ1) is 27.5. The predicted octanol–water partition coefficient (Wildman–Crippen LogP) is 4.83. The van der Waals surface area contributed by atoms with E-state index in [1.54, 1.807) is 26.2 Å². The highest BCUT2D eigenvalue weighted by atomic mass is 16.6. The molecule has 3 aromatic rings. The Balaban J connectivity index is 1.19. The van der Waals surface area contributed by atoms with Gasteiger partial charge in [0.15, 0.2) is 11.5 Å². The molecule has 2 aliphatic heterocycles. The maximum Gasteiger partial charge on any atom is 0.330 e. The first-order chi connectivity index (χ1) is 19.5.